The minimum atomic E-state index is 0.708. The van der Waals surface area contributed by atoms with Crippen LogP contribution in [0.2, 0.25) is 5.02 Å². The van der Waals surface area contributed by atoms with Gasteiger partial charge in [0.1, 0.15) is 5.75 Å². The van der Waals surface area contributed by atoms with Crippen molar-refractivity contribution in [3.05, 3.63) is 34.5 Å². The lowest BCUT2D eigenvalue weighted by molar-refractivity contribution is 0.267. The van der Waals surface area contributed by atoms with E-state index >= 15 is 0 Å². The van der Waals surface area contributed by atoms with E-state index in [1.165, 1.54) is 49.8 Å². The fraction of sp³-hybridized carbons (Fsp3) is 0.609. The molecule has 0 spiro atoms. The average Bonchev–Trinajstić information content (AvgIpc) is 3.13. The second-order valence-electron chi connectivity index (χ2n) is 7.76. The maximum Gasteiger partial charge on any atom is 0.120 e. The van der Waals surface area contributed by atoms with Crippen molar-refractivity contribution in [1.29, 1.82) is 0 Å². The van der Waals surface area contributed by atoms with Crippen LogP contribution < -0.4 is 4.74 Å². The lowest BCUT2D eigenvalue weighted by Crippen LogP contribution is -2.30. The molecule has 1 aliphatic rings. The molecule has 0 saturated heterocycles. The molecule has 2 aromatic rings. The summed E-state index contributed by atoms with van der Waals surface area (Å²) in [5.74, 6) is 0.847. The van der Waals surface area contributed by atoms with Gasteiger partial charge in [0.2, 0.25) is 0 Å². The van der Waals surface area contributed by atoms with Gasteiger partial charge in [-0.2, -0.15) is 5.10 Å². The van der Waals surface area contributed by atoms with Crippen LogP contribution in [0.25, 0.3) is 11.3 Å². The monoisotopic (exact) mass is 403 g/mol. The maximum atomic E-state index is 6.60. The van der Waals surface area contributed by atoms with Gasteiger partial charge in [-0.1, -0.05) is 64.0 Å². The molecule has 2 heterocycles. The van der Waals surface area contributed by atoms with Crippen molar-refractivity contribution in [3.8, 4) is 17.0 Å². The van der Waals surface area contributed by atoms with E-state index in [1.54, 1.807) is 0 Å². The summed E-state index contributed by atoms with van der Waals surface area (Å²) in [5, 5.41) is 8.49. The highest BCUT2D eigenvalue weighted by Gasteiger charge is 2.23. The first-order valence-electron chi connectivity index (χ1n) is 10.9. The number of hydrogen-bond acceptors (Lipinski definition) is 3. The normalized spacial score (nSPS) is 14.2. The summed E-state index contributed by atoms with van der Waals surface area (Å²) in [6.45, 7) is 8.30. The van der Waals surface area contributed by atoms with E-state index in [1.807, 2.05) is 18.2 Å². The molecule has 0 aliphatic carbocycles. The van der Waals surface area contributed by atoms with Gasteiger partial charge in [0.25, 0.3) is 0 Å². The number of likely N-dealkylation sites (N-methyl/N-ethyl adjacent to an activating group) is 1. The number of aromatic amines is 1. The number of benzene rings is 1. The second-order valence-corrected chi connectivity index (χ2v) is 8.17. The average molecular weight is 404 g/mol. The summed E-state index contributed by atoms with van der Waals surface area (Å²) in [5.41, 5.74) is 4.50. The number of nitrogens with zero attached hydrogens (tertiary/aromatic N) is 2. The van der Waals surface area contributed by atoms with Crippen molar-refractivity contribution < 1.29 is 4.74 Å². The summed E-state index contributed by atoms with van der Waals surface area (Å²) in [4.78, 5) is 2.44. The molecule has 0 bridgehead atoms. The van der Waals surface area contributed by atoms with Gasteiger partial charge in [0.15, 0.2) is 0 Å². The van der Waals surface area contributed by atoms with Crippen molar-refractivity contribution in [1.82, 2.24) is 15.1 Å². The van der Waals surface area contributed by atoms with Crippen LogP contribution in [0.4, 0.5) is 0 Å². The number of H-pyrrole nitrogens is 1. The standard InChI is InChI=1S/C23H34ClN3O/c1-3-5-6-7-8-9-10-15-28-18-11-12-19(21(24)16-18)23-20-17-27(4-2)14-13-22(20)25-26-23/h11-12,16H,3-10,13-15,17H2,1-2H3,(H,25,26). The third-order valence-electron chi connectivity index (χ3n) is 5.67. The topological polar surface area (TPSA) is 41.1 Å². The Labute approximate surface area is 174 Å². The van der Waals surface area contributed by atoms with Crippen LogP contribution in [0.3, 0.4) is 0 Å². The molecule has 0 radical (unpaired) electrons. The third kappa shape index (κ3) is 5.51. The van der Waals surface area contributed by atoms with E-state index in [0.717, 1.165) is 56.1 Å². The molecule has 4 nitrogen and oxygen atoms in total. The molecule has 28 heavy (non-hydrogen) atoms. The predicted octanol–water partition coefficient (Wildman–Crippen LogP) is 6.24. The van der Waals surface area contributed by atoms with Gasteiger partial charge in [-0.25, -0.2) is 0 Å². The second kappa shape index (κ2) is 10.9. The summed E-state index contributed by atoms with van der Waals surface area (Å²) >= 11 is 6.60. The van der Waals surface area contributed by atoms with E-state index in [9.17, 15) is 0 Å². The van der Waals surface area contributed by atoms with Crippen molar-refractivity contribution in [2.24, 2.45) is 0 Å². The number of fused-ring (bicyclic) bond motifs is 1. The number of nitrogens with one attached hydrogen (secondary N) is 1. The van der Waals surface area contributed by atoms with Crippen molar-refractivity contribution in [2.45, 2.75) is 71.8 Å². The first-order chi connectivity index (χ1) is 13.7. The van der Waals surface area contributed by atoms with Crippen LogP contribution >= 0.6 is 11.6 Å². The minimum absolute atomic E-state index is 0.708. The zero-order chi connectivity index (χ0) is 19.8. The van der Waals surface area contributed by atoms with Crippen molar-refractivity contribution >= 4 is 11.6 Å². The Balaban J connectivity index is 1.53. The molecule has 1 N–H and O–H groups in total. The molecule has 0 amide bonds. The van der Waals surface area contributed by atoms with Crippen LogP contribution in [0.5, 0.6) is 5.75 Å². The highest BCUT2D eigenvalue weighted by atomic mass is 35.5. The minimum Gasteiger partial charge on any atom is -0.494 e. The molecular weight excluding hydrogens is 370 g/mol. The lowest BCUT2D eigenvalue weighted by Gasteiger charge is -2.25. The van der Waals surface area contributed by atoms with E-state index < -0.39 is 0 Å². The molecule has 0 fully saturated rings. The Morgan fingerprint density at radius 1 is 1.11 bits per heavy atom. The van der Waals surface area contributed by atoms with Gasteiger partial charge in [-0.3, -0.25) is 10.00 Å². The predicted molar refractivity (Wildman–Crippen MR) is 117 cm³/mol. The van der Waals surface area contributed by atoms with Gasteiger partial charge >= 0.3 is 0 Å². The maximum absolute atomic E-state index is 6.60. The van der Waals surface area contributed by atoms with Crippen LogP contribution in [0.1, 0.15) is 70.1 Å². The SMILES string of the molecule is CCCCCCCCCOc1ccc(-c2n[nH]c3c2CN(CC)CC3)c(Cl)c1. The summed E-state index contributed by atoms with van der Waals surface area (Å²) in [6, 6.07) is 5.99. The molecule has 154 valence electrons. The molecular formula is C23H34ClN3O. The Kier molecular flexibility index (Phi) is 8.23. The number of ether oxygens (including phenoxy) is 1. The lowest BCUT2D eigenvalue weighted by atomic mass is 10.0. The Morgan fingerprint density at radius 3 is 2.64 bits per heavy atom. The van der Waals surface area contributed by atoms with Crippen LogP contribution in [-0.4, -0.2) is 34.8 Å². The molecule has 0 unspecified atom stereocenters. The van der Waals surface area contributed by atoms with Gasteiger partial charge < -0.3 is 4.74 Å². The van der Waals surface area contributed by atoms with Crippen molar-refractivity contribution in [2.75, 3.05) is 19.7 Å². The van der Waals surface area contributed by atoms with Crippen molar-refractivity contribution in [3.63, 3.8) is 0 Å². The van der Waals surface area contributed by atoms with E-state index in [0.29, 0.717) is 5.02 Å². The fourth-order valence-electron chi connectivity index (χ4n) is 3.87. The summed E-state index contributed by atoms with van der Waals surface area (Å²) in [7, 11) is 0. The highest BCUT2D eigenvalue weighted by Crippen LogP contribution is 2.35. The van der Waals surface area contributed by atoms with Crippen LogP contribution in [0, 0.1) is 0 Å². The third-order valence-corrected chi connectivity index (χ3v) is 5.98. The molecule has 3 rings (SSSR count). The Bertz CT molecular complexity index is 743. The van der Waals surface area contributed by atoms with Gasteiger partial charge in [-0.05, 0) is 31.2 Å². The largest absolute Gasteiger partial charge is 0.494 e. The number of aromatic nitrogens is 2. The number of rotatable bonds is 11. The summed E-state index contributed by atoms with van der Waals surface area (Å²) in [6.07, 6.45) is 10.0. The Morgan fingerprint density at radius 2 is 1.89 bits per heavy atom. The first-order valence-corrected chi connectivity index (χ1v) is 11.3. The molecule has 1 aliphatic heterocycles. The number of unbranched alkanes of at least 4 members (excludes halogenated alkanes) is 6. The number of hydrogen-bond donors (Lipinski definition) is 1. The zero-order valence-corrected chi connectivity index (χ0v) is 18.2. The van der Waals surface area contributed by atoms with Crippen LogP contribution in [-0.2, 0) is 13.0 Å². The molecule has 1 aromatic carbocycles. The van der Waals surface area contributed by atoms with E-state index in [2.05, 4.69) is 28.9 Å². The van der Waals surface area contributed by atoms with Gasteiger partial charge in [-0.15, -0.1) is 0 Å². The molecule has 0 saturated carbocycles. The molecule has 5 heteroatoms. The summed E-state index contributed by atoms with van der Waals surface area (Å²) < 4.78 is 5.91. The molecule has 1 aromatic heterocycles. The highest BCUT2D eigenvalue weighted by molar-refractivity contribution is 6.33. The van der Waals surface area contributed by atoms with E-state index in [-0.39, 0.29) is 0 Å². The quantitative estimate of drug-likeness (QED) is 0.451. The van der Waals surface area contributed by atoms with E-state index in [4.69, 9.17) is 16.3 Å². The fourth-order valence-corrected chi connectivity index (χ4v) is 4.13. The van der Waals surface area contributed by atoms with Gasteiger partial charge in [0.05, 0.1) is 17.3 Å². The first kappa shape index (κ1) is 21.2. The molecule has 0 atom stereocenters. The van der Waals surface area contributed by atoms with Gasteiger partial charge in [0, 0.05) is 36.3 Å². The zero-order valence-electron chi connectivity index (χ0n) is 17.4. The van der Waals surface area contributed by atoms with Crippen LogP contribution in [0.15, 0.2) is 18.2 Å². The number of halogens is 1. The smallest absolute Gasteiger partial charge is 0.120 e. The Hall–Kier alpha value is -1.52.